The normalized spacial score (nSPS) is 18.2. The molecule has 2 aromatic rings. The number of rotatable bonds is 6. The molecule has 6 heteroatoms. The fourth-order valence-electron chi connectivity index (χ4n) is 3.17. The van der Waals surface area contributed by atoms with Crippen LogP contribution >= 0.6 is 0 Å². The Morgan fingerprint density at radius 3 is 2.84 bits per heavy atom. The Morgan fingerprint density at radius 2 is 2.12 bits per heavy atom. The fraction of sp³-hybridized carbons (Fsp3) is 0.526. The Kier molecular flexibility index (Phi) is 5.81. The van der Waals surface area contributed by atoms with Gasteiger partial charge in [-0.1, -0.05) is 36.3 Å². The summed E-state index contributed by atoms with van der Waals surface area (Å²) in [6.45, 7) is 6.57. The fourth-order valence-corrected chi connectivity index (χ4v) is 3.17. The quantitative estimate of drug-likeness (QED) is 0.751. The first kappa shape index (κ1) is 17.6. The van der Waals surface area contributed by atoms with Gasteiger partial charge in [0.15, 0.2) is 0 Å². The van der Waals surface area contributed by atoms with Gasteiger partial charge in [0.25, 0.3) is 0 Å². The minimum absolute atomic E-state index is 0.0577. The van der Waals surface area contributed by atoms with E-state index in [0.717, 1.165) is 31.4 Å². The lowest BCUT2D eigenvalue weighted by atomic mass is 9.98. The Hall–Kier alpha value is -2.21. The van der Waals surface area contributed by atoms with Crippen molar-refractivity contribution in [3.8, 4) is 11.4 Å². The third-order valence-electron chi connectivity index (χ3n) is 4.57. The van der Waals surface area contributed by atoms with Crippen molar-refractivity contribution in [2.24, 2.45) is 5.92 Å². The lowest BCUT2D eigenvalue weighted by Crippen LogP contribution is -2.39. The van der Waals surface area contributed by atoms with Gasteiger partial charge in [-0.2, -0.15) is 4.98 Å². The van der Waals surface area contributed by atoms with E-state index in [0.29, 0.717) is 31.4 Å². The number of carbonyl (C=O) groups is 1. The van der Waals surface area contributed by atoms with Gasteiger partial charge in [-0.25, -0.2) is 0 Å². The Balaban J connectivity index is 1.61. The van der Waals surface area contributed by atoms with Crippen LogP contribution in [0.2, 0.25) is 0 Å². The Morgan fingerprint density at radius 1 is 1.32 bits per heavy atom. The standard InChI is InChI=1S/C19H25N3O3/c1-3-14-7-9-15(10-8-14)18-20-17(25-21-18)13-22-11-5-6-16(12-22)19(23)24-4-2/h7-10,16H,3-6,11-13H2,1-2H3. The van der Waals surface area contributed by atoms with Gasteiger partial charge in [-0.05, 0) is 38.3 Å². The zero-order valence-electron chi connectivity index (χ0n) is 14.9. The van der Waals surface area contributed by atoms with Crippen LogP contribution in [0.3, 0.4) is 0 Å². The Bertz CT molecular complexity index is 696. The first-order valence-corrected chi connectivity index (χ1v) is 9.00. The van der Waals surface area contributed by atoms with Crippen molar-refractivity contribution in [3.63, 3.8) is 0 Å². The number of nitrogens with zero attached hydrogens (tertiary/aromatic N) is 3. The largest absolute Gasteiger partial charge is 0.466 e. The zero-order valence-corrected chi connectivity index (χ0v) is 14.9. The van der Waals surface area contributed by atoms with Gasteiger partial charge in [0.2, 0.25) is 11.7 Å². The van der Waals surface area contributed by atoms with Crippen LogP contribution in [0, 0.1) is 5.92 Å². The van der Waals surface area contributed by atoms with Crippen molar-refractivity contribution >= 4 is 5.97 Å². The summed E-state index contributed by atoms with van der Waals surface area (Å²) in [5.41, 5.74) is 2.24. The maximum atomic E-state index is 11.9. The van der Waals surface area contributed by atoms with Crippen LogP contribution in [0.15, 0.2) is 28.8 Å². The summed E-state index contributed by atoms with van der Waals surface area (Å²) in [7, 11) is 0. The van der Waals surface area contributed by atoms with Crippen molar-refractivity contribution in [2.75, 3.05) is 19.7 Å². The highest BCUT2D eigenvalue weighted by atomic mass is 16.5. The summed E-state index contributed by atoms with van der Waals surface area (Å²) in [6.07, 6.45) is 2.87. The van der Waals surface area contributed by atoms with E-state index in [-0.39, 0.29) is 11.9 Å². The van der Waals surface area contributed by atoms with E-state index in [1.165, 1.54) is 5.56 Å². The van der Waals surface area contributed by atoms with E-state index in [4.69, 9.17) is 9.26 Å². The molecule has 0 amide bonds. The van der Waals surface area contributed by atoms with E-state index in [1.54, 1.807) is 0 Å². The summed E-state index contributed by atoms with van der Waals surface area (Å²) in [6, 6.07) is 8.20. The smallest absolute Gasteiger partial charge is 0.310 e. The number of ether oxygens (including phenoxy) is 1. The molecular formula is C19H25N3O3. The second kappa shape index (κ2) is 8.25. The SMILES string of the molecule is CCOC(=O)C1CCCN(Cc2nc(-c3ccc(CC)cc3)no2)C1. The number of aromatic nitrogens is 2. The second-order valence-electron chi connectivity index (χ2n) is 6.39. The number of aryl methyl sites for hydroxylation is 1. The van der Waals surface area contributed by atoms with E-state index >= 15 is 0 Å². The summed E-state index contributed by atoms with van der Waals surface area (Å²) in [4.78, 5) is 18.6. The molecule has 6 nitrogen and oxygen atoms in total. The number of carbonyl (C=O) groups excluding carboxylic acids is 1. The van der Waals surface area contributed by atoms with Crippen molar-refractivity contribution in [3.05, 3.63) is 35.7 Å². The zero-order chi connectivity index (χ0) is 17.6. The van der Waals surface area contributed by atoms with Crippen molar-refractivity contribution in [1.82, 2.24) is 15.0 Å². The van der Waals surface area contributed by atoms with Crippen molar-refractivity contribution < 1.29 is 14.1 Å². The highest BCUT2D eigenvalue weighted by Gasteiger charge is 2.27. The third-order valence-corrected chi connectivity index (χ3v) is 4.57. The molecule has 3 rings (SSSR count). The van der Waals surface area contributed by atoms with Gasteiger partial charge < -0.3 is 9.26 Å². The molecule has 0 aliphatic carbocycles. The number of hydrogen-bond acceptors (Lipinski definition) is 6. The molecule has 1 atom stereocenters. The highest BCUT2D eigenvalue weighted by molar-refractivity contribution is 5.72. The predicted octanol–water partition coefficient (Wildman–Crippen LogP) is 3.07. The number of piperidine rings is 1. The van der Waals surface area contributed by atoms with Crippen LogP contribution in [0.5, 0.6) is 0 Å². The van der Waals surface area contributed by atoms with Crippen LogP contribution < -0.4 is 0 Å². The minimum atomic E-state index is -0.102. The molecule has 1 aliphatic rings. The lowest BCUT2D eigenvalue weighted by Gasteiger charge is -2.30. The molecule has 0 saturated carbocycles. The summed E-state index contributed by atoms with van der Waals surface area (Å²) >= 11 is 0. The molecule has 1 fully saturated rings. The van der Waals surface area contributed by atoms with Crippen LogP contribution in [0.1, 0.15) is 38.1 Å². The Labute approximate surface area is 148 Å². The molecule has 134 valence electrons. The number of esters is 1. The van der Waals surface area contributed by atoms with Crippen LogP contribution in [0.4, 0.5) is 0 Å². The van der Waals surface area contributed by atoms with Crippen molar-refractivity contribution in [2.45, 2.75) is 39.7 Å². The second-order valence-corrected chi connectivity index (χ2v) is 6.39. The number of likely N-dealkylation sites (tertiary alicyclic amines) is 1. The van der Waals surface area contributed by atoms with E-state index < -0.39 is 0 Å². The van der Waals surface area contributed by atoms with Gasteiger partial charge in [0.05, 0.1) is 19.1 Å². The number of hydrogen-bond donors (Lipinski definition) is 0. The average Bonchev–Trinajstić information content (AvgIpc) is 3.10. The van der Waals surface area contributed by atoms with Gasteiger partial charge in [-0.15, -0.1) is 0 Å². The maximum Gasteiger partial charge on any atom is 0.310 e. The minimum Gasteiger partial charge on any atom is -0.466 e. The van der Waals surface area contributed by atoms with E-state index in [2.05, 4.69) is 34.1 Å². The molecule has 1 unspecified atom stereocenters. The van der Waals surface area contributed by atoms with Gasteiger partial charge in [-0.3, -0.25) is 9.69 Å². The molecule has 0 radical (unpaired) electrons. The van der Waals surface area contributed by atoms with Crippen LogP contribution in [0.25, 0.3) is 11.4 Å². The monoisotopic (exact) mass is 343 g/mol. The topological polar surface area (TPSA) is 68.5 Å². The molecule has 0 bridgehead atoms. The first-order valence-electron chi connectivity index (χ1n) is 9.00. The lowest BCUT2D eigenvalue weighted by molar-refractivity contribution is -0.150. The van der Waals surface area contributed by atoms with Gasteiger partial charge in [0, 0.05) is 12.1 Å². The van der Waals surface area contributed by atoms with Crippen LogP contribution in [-0.4, -0.2) is 40.7 Å². The maximum absolute atomic E-state index is 11.9. The van der Waals surface area contributed by atoms with Gasteiger partial charge >= 0.3 is 5.97 Å². The molecular weight excluding hydrogens is 318 g/mol. The van der Waals surface area contributed by atoms with Crippen molar-refractivity contribution in [1.29, 1.82) is 0 Å². The predicted molar refractivity (Wildman–Crippen MR) is 93.7 cm³/mol. The summed E-state index contributed by atoms with van der Waals surface area (Å²) < 4.78 is 10.5. The van der Waals surface area contributed by atoms with Crippen LogP contribution in [-0.2, 0) is 22.5 Å². The molecule has 0 N–H and O–H groups in total. The third kappa shape index (κ3) is 4.45. The average molecular weight is 343 g/mol. The van der Waals surface area contributed by atoms with E-state index in [9.17, 15) is 4.79 Å². The molecule has 1 aromatic carbocycles. The number of benzene rings is 1. The summed E-state index contributed by atoms with van der Waals surface area (Å²) in [5, 5.41) is 4.09. The molecule has 1 aliphatic heterocycles. The molecule has 25 heavy (non-hydrogen) atoms. The summed E-state index contributed by atoms with van der Waals surface area (Å²) in [5.74, 6) is 1.03. The van der Waals surface area contributed by atoms with E-state index in [1.807, 2.05) is 19.1 Å². The molecule has 1 saturated heterocycles. The first-order chi connectivity index (χ1) is 12.2. The van der Waals surface area contributed by atoms with Gasteiger partial charge in [0.1, 0.15) is 0 Å². The molecule has 1 aromatic heterocycles. The molecule has 0 spiro atoms. The highest BCUT2D eigenvalue weighted by Crippen LogP contribution is 2.21. The molecule has 2 heterocycles.